The van der Waals surface area contributed by atoms with E-state index in [1.807, 2.05) is 6.08 Å². The van der Waals surface area contributed by atoms with Crippen molar-refractivity contribution in [3.8, 4) is 0 Å². The lowest BCUT2D eigenvalue weighted by Crippen LogP contribution is -1.78. The highest BCUT2D eigenvalue weighted by molar-refractivity contribution is 5.25. The van der Waals surface area contributed by atoms with Gasteiger partial charge in [-0.3, -0.25) is 0 Å². The second kappa shape index (κ2) is 4.95. The number of hydrogen-bond acceptors (Lipinski definition) is 0. The monoisotopic (exact) mass is 150 g/mol. The summed E-state index contributed by atoms with van der Waals surface area (Å²) in [6, 6.07) is 0. The molecule has 0 bridgehead atoms. The average molecular weight is 150 g/mol. The van der Waals surface area contributed by atoms with Crippen LogP contribution in [0.1, 0.15) is 34.1 Å². The van der Waals surface area contributed by atoms with Crippen molar-refractivity contribution in [1.29, 1.82) is 0 Å². The summed E-state index contributed by atoms with van der Waals surface area (Å²) in [5.41, 5.74) is 4.12. The van der Waals surface area contributed by atoms with Crippen molar-refractivity contribution in [1.82, 2.24) is 0 Å². The van der Waals surface area contributed by atoms with Gasteiger partial charge in [0.25, 0.3) is 0 Å². The van der Waals surface area contributed by atoms with E-state index in [2.05, 4.69) is 40.3 Å². The van der Waals surface area contributed by atoms with Gasteiger partial charge in [-0.15, -0.1) is 6.58 Å². The Morgan fingerprint density at radius 1 is 1.18 bits per heavy atom. The van der Waals surface area contributed by atoms with Crippen LogP contribution < -0.4 is 0 Å². The summed E-state index contributed by atoms with van der Waals surface area (Å²) in [7, 11) is 0. The molecule has 0 spiro atoms. The highest BCUT2D eigenvalue weighted by atomic mass is 13.9. The maximum absolute atomic E-state index is 3.70. The second-order valence-electron chi connectivity index (χ2n) is 3.17. The fourth-order valence-electron chi connectivity index (χ4n) is 0.801. The molecule has 0 aliphatic rings. The number of rotatable bonds is 3. The molecule has 0 heteroatoms. The number of hydrogen-bond donors (Lipinski definition) is 0. The Morgan fingerprint density at radius 3 is 2.09 bits per heavy atom. The van der Waals surface area contributed by atoms with E-state index in [9.17, 15) is 0 Å². The van der Waals surface area contributed by atoms with Crippen molar-refractivity contribution >= 4 is 0 Å². The molecule has 0 aliphatic heterocycles. The van der Waals surface area contributed by atoms with E-state index >= 15 is 0 Å². The minimum Gasteiger partial charge on any atom is -0.103 e. The van der Waals surface area contributed by atoms with E-state index in [0.717, 1.165) is 6.42 Å². The van der Waals surface area contributed by atoms with Gasteiger partial charge in [0.15, 0.2) is 0 Å². The first kappa shape index (κ1) is 10.2. The molecule has 0 atom stereocenters. The molecular weight excluding hydrogens is 132 g/mol. The van der Waals surface area contributed by atoms with Crippen molar-refractivity contribution in [3.05, 3.63) is 35.5 Å². The maximum atomic E-state index is 3.70. The van der Waals surface area contributed by atoms with Crippen LogP contribution in [0.25, 0.3) is 0 Å². The summed E-state index contributed by atoms with van der Waals surface area (Å²) in [5, 5.41) is 0. The Morgan fingerprint density at radius 2 is 1.73 bits per heavy atom. The molecule has 0 fully saturated rings. The Bertz CT molecular complexity index is 188. The predicted octanol–water partition coefficient (Wildman–Crippen LogP) is 3.87. The third kappa shape index (κ3) is 4.60. The summed E-state index contributed by atoms with van der Waals surface area (Å²) >= 11 is 0. The topological polar surface area (TPSA) is 0 Å². The van der Waals surface area contributed by atoms with E-state index in [0.29, 0.717) is 0 Å². The molecule has 0 aliphatic carbocycles. The van der Waals surface area contributed by atoms with E-state index in [4.69, 9.17) is 0 Å². The summed E-state index contributed by atoms with van der Waals surface area (Å²) < 4.78 is 0. The molecule has 0 N–H and O–H groups in total. The fourth-order valence-corrected chi connectivity index (χ4v) is 0.801. The molecule has 0 saturated carbocycles. The highest BCUT2D eigenvalue weighted by Gasteiger charge is 1.88. The summed E-state index contributed by atoms with van der Waals surface area (Å²) in [6.45, 7) is 12.2. The van der Waals surface area contributed by atoms with Crippen LogP contribution in [-0.2, 0) is 0 Å². The Labute approximate surface area is 70.3 Å². The molecule has 62 valence electrons. The lowest BCUT2D eigenvalue weighted by atomic mass is 10.1. The molecule has 0 nitrogen and oxygen atoms in total. The minimum absolute atomic E-state index is 0.991. The van der Waals surface area contributed by atoms with Crippen LogP contribution in [0.15, 0.2) is 35.5 Å². The van der Waals surface area contributed by atoms with E-state index in [1.54, 1.807) is 0 Å². The Balaban J connectivity index is 4.30. The van der Waals surface area contributed by atoms with Crippen LogP contribution in [0.2, 0.25) is 0 Å². The van der Waals surface area contributed by atoms with Crippen LogP contribution in [0.5, 0.6) is 0 Å². The lowest BCUT2D eigenvalue weighted by molar-refractivity contribution is 1.18. The first-order valence-electron chi connectivity index (χ1n) is 4.00. The van der Waals surface area contributed by atoms with Gasteiger partial charge in [0.05, 0.1) is 0 Å². The van der Waals surface area contributed by atoms with Crippen LogP contribution >= 0.6 is 0 Å². The normalized spacial score (nSPS) is 11.1. The van der Waals surface area contributed by atoms with Gasteiger partial charge < -0.3 is 0 Å². The second-order valence-corrected chi connectivity index (χ2v) is 3.17. The SMILES string of the molecule is C=CCC(C)=CC(C)=C(C)C. The first-order valence-corrected chi connectivity index (χ1v) is 4.00. The predicted molar refractivity (Wildman–Crippen MR) is 52.6 cm³/mol. The summed E-state index contributed by atoms with van der Waals surface area (Å²) in [4.78, 5) is 0. The van der Waals surface area contributed by atoms with Gasteiger partial charge in [-0.25, -0.2) is 0 Å². The number of allylic oxidation sites excluding steroid dienone is 5. The molecule has 0 heterocycles. The zero-order chi connectivity index (χ0) is 8.85. The molecular formula is C11H18. The average Bonchev–Trinajstić information content (AvgIpc) is 1.87. The molecule has 0 aromatic heterocycles. The van der Waals surface area contributed by atoms with Gasteiger partial charge in [-0.1, -0.05) is 28.9 Å². The van der Waals surface area contributed by atoms with Crippen molar-refractivity contribution in [3.63, 3.8) is 0 Å². The highest BCUT2D eigenvalue weighted by Crippen LogP contribution is 2.09. The van der Waals surface area contributed by atoms with Crippen molar-refractivity contribution in [2.45, 2.75) is 34.1 Å². The molecule has 0 aromatic rings. The molecule has 0 radical (unpaired) electrons. The van der Waals surface area contributed by atoms with Crippen LogP contribution in [0, 0.1) is 0 Å². The molecule has 0 saturated heterocycles. The zero-order valence-electron chi connectivity index (χ0n) is 8.07. The quantitative estimate of drug-likeness (QED) is 0.423. The van der Waals surface area contributed by atoms with Gasteiger partial charge >= 0.3 is 0 Å². The Kier molecular flexibility index (Phi) is 4.60. The smallest absolute Gasteiger partial charge is 0.0141 e. The van der Waals surface area contributed by atoms with Gasteiger partial charge in [-0.05, 0) is 34.1 Å². The molecule has 0 unspecified atom stereocenters. The van der Waals surface area contributed by atoms with Gasteiger partial charge in [-0.2, -0.15) is 0 Å². The van der Waals surface area contributed by atoms with E-state index in [1.165, 1.54) is 16.7 Å². The van der Waals surface area contributed by atoms with Crippen LogP contribution in [-0.4, -0.2) is 0 Å². The molecule has 11 heavy (non-hydrogen) atoms. The minimum atomic E-state index is 0.991. The van der Waals surface area contributed by atoms with Gasteiger partial charge in [0, 0.05) is 0 Å². The third-order valence-corrected chi connectivity index (χ3v) is 1.72. The zero-order valence-corrected chi connectivity index (χ0v) is 8.07. The van der Waals surface area contributed by atoms with Crippen molar-refractivity contribution < 1.29 is 0 Å². The summed E-state index contributed by atoms with van der Waals surface area (Å²) in [6.07, 6.45) is 5.14. The van der Waals surface area contributed by atoms with Crippen molar-refractivity contribution in [2.24, 2.45) is 0 Å². The van der Waals surface area contributed by atoms with Crippen molar-refractivity contribution in [2.75, 3.05) is 0 Å². The molecule has 0 aromatic carbocycles. The third-order valence-electron chi connectivity index (χ3n) is 1.72. The fraction of sp³-hybridized carbons (Fsp3) is 0.455. The van der Waals surface area contributed by atoms with E-state index in [-0.39, 0.29) is 0 Å². The van der Waals surface area contributed by atoms with Gasteiger partial charge in [0.2, 0.25) is 0 Å². The van der Waals surface area contributed by atoms with E-state index < -0.39 is 0 Å². The molecule has 0 amide bonds. The maximum Gasteiger partial charge on any atom is -0.0141 e. The standard InChI is InChI=1S/C11H18/c1-6-7-10(4)8-11(5)9(2)3/h6,8H,1,7H2,2-5H3. The van der Waals surface area contributed by atoms with Gasteiger partial charge in [0.1, 0.15) is 0 Å². The lowest BCUT2D eigenvalue weighted by Gasteiger charge is -1.98. The Hall–Kier alpha value is -0.780. The summed E-state index contributed by atoms with van der Waals surface area (Å²) in [5.74, 6) is 0. The largest absolute Gasteiger partial charge is 0.103 e. The van der Waals surface area contributed by atoms with Crippen LogP contribution in [0.4, 0.5) is 0 Å². The molecule has 0 rings (SSSR count). The first-order chi connectivity index (χ1) is 5.07. The van der Waals surface area contributed by atoms with Crippen LogP contribution in [0.3, 0.4) is 0 Å².